The molecular weight excluding hydrogens is 291 g/mol. The average Bonchev–Trinajstić information content (AvgIpc) is 2.53. The molecule has 0 saturated carbocycles. The number of rotatable bonds is 5. The van der Waals surface area contributed by atoms with Gasteiger partial charge in [0.05, 0.1) is 7.11 Å². The van der Waals surface area contributed by atoms with E-state index in [0.717, 1.165) is 11.0 Å². The number of thioether (sulfide) groups is 1. The molecule has 108 valence electrons. The van der Waals surface area contributed by atoms with Gasteiger partial charge in [-0.3, -0.25) is 9.59 Å². The second-order valence-electron chi connectivity index (χ2n) is 4.24. The third-order valence-corrected chi connectivity index (χ3v) is 3.68. The lowest BCUT2D eigenvalue weighted by atomic mass is 10.0. The summed E-state index contributed by atoms with van der Waals surface area (Å²) in [6.07, 6.45) is 1.88. The SMILES string of the molecule is COc1ccc(C(=O)C(=O)c2cccc(SC)c2)cc1F. The predicted octanol–water partition coefficient (Wildman–Crippen LogP) is 3.62. The lowest BCUT2D eigenvalue weighted by Crippen LogP contribution is -2.14. The topological polar surface area (TPSA) is 43.4 Å². The molecule has 0 spiro atoms. The maximum atomic E-state index is 13.6. The summed E-state index contributed by atoms with van der Waals surface area (Å²) in [6.45, 7) is 0. The molecule has 0 amide bonds. The van der Waals surface area contributed by atoms with Crippen LogP contribution >= 0.6 is 11.8 Å². The van der Waals surface area contributed by atoms with Crippen LogP contribution in [0.3, 0.4) is 0 Å². The van der Waals surface area contributed by atoms with Crippen molar-refractivity contribution in [3.8, 4) is 5.75 Å². The minimum absolute atomic E-state index is 0.00727. The quantitative estimate of drug-likeness (QED) is 0.481. The van der Waals surface area contributed by atoms with Gasteiger partial charge < -0.3 is 4.74 Å². The van der Waals surface area contributed by atoms with Crippen LogP contribution in [0.1, 0.15) is 20.7 Å². The Morgan fingerprint density at radius 2 is 1.71 bits per heavy atom. The molecule has 2 aromatic rings. The zero-order valence-electron chi connectivity index (χ0n) is 11.6. The monoisotopic (exact) mass is 304 g/mol. The number of Topliss-reactive ketones (excluding diaryl/α,β-unsaturated/α-hetero) is 2. The number of benzene rings is 2. The smallest absolute Gasteiger partial charge is 0.233 e. The van der Waals surface area contributed by atoms with Crippen molar-refractivity contribution in [2.45, 2.75) is 4.90 Å². The number of ketones is 2. The van der Waals surface area contributed by atoms with Gasteiger partial charge in [-0.25, -0.2) is 4.39 Å². The summed E-state index contributed by atoms with van der Waals surface area (Å²) in [6, 6.07) is 10.5. The molecule has 0 aromatic heterocycles. The summed E-state index contributed by atoms with van der Waals surface area (Å²) in [5.41, 5.74) is 0.302. The van der Waals surface area contributed by atoms with Crippen molar-refractivity contribution in [2.75, 3.05) is 13.4 Å². The molecule has 0 bridgehead atoms. The number of methoxy groups -OCH3 is 1. The largest absolute Gasteiger partial charge is 0.494 e. The van der Waals surface area contributed by atoms with E-state index in [9.17, 15) is 14.0 Å². The molecule has 2 aromatic carbocycles. The van der Waals surface area contributed by atoms with E-state index in [1.807, 2.05) is 12.3 Å². The number of carbonyl (C=O) groups excluding carboxylic acids is 2. The first kappa shape index (κ1) is 15.3. The van der Waals surface area contributed by atoms with E-state index in [4.69, 9.17) is 4.74 Å². The Morgan fingerprint density at radius 3 is 2.29 bits per heavy atom. The molecule has 2 rings (SSSR count). The fraction of sp³-hybridized carbons (Fsp3) is 0.125. The summed E-state index contributed by atoms with van der Waals surface area (Å²) < 4.78 is 18.4. The van der Waals surface area contributed by atoms with E-state index in [2.05, 4.69) is 0 Å². The van der Waals surface area contributed by atoms with Crippen molar-refractivity contribution in [3.63, 3.8) is 0 Å². The molecule has 0 N–H and O–H groups in total. The van der Waals surface area contributed by atoms with E-state index in [1.54, 1.807) is 18.2 Å². The summed E-state index contributed by atoms with van der Waals surface area (Å²) in [4.78, 5) is 25.2. The summed E-state index contributed by atoms with van der Waals surface area (Å²) in [7, 11) is 1.33. The van der Waals surface area contributed by atoms with E-state index < -0.39 is 17.4 Å². The molecule has 0 heterocycles. The highest BCUT2D eigenvalue weighted by molar-refractivity contribution is 7.98. The molecule has 3 nitrogen and oxygen atoms in total. The Bertz CT molecular complexity index is 698. The van der Waals surface area contributed by atoms with Crippen LogP contribution in [-0.4, -0.2) is 24.9 Å². The van der Waals surface area contributed by atoms with Crippen LogP contribution in [0.2, 0.25) is 0 Å². The minimum atomic E-state index is -0.741. The minimum Gasteiger partial charge on any atom is -0.494 e. The van der Waals surface area contributed by atoms with Gasteiger partial charge in [-0.1, -0.05) is 12.1 Å². The summed E-state index contributed by atoms with van der Waals surface area (Å²) in [5.74, 6) is -2.04. The second-order valence-corrected chi connectivity index (χ2v) is 5.12. The highest BCUT2D eigenvalue weighted by Crippen LogP contribution is 2.20. The third kappa shape index (κ3) is 3.31. The number of hydrogen-bond acceptors (Lipinski definition) is 4. The zero-order chi connectivity index (χ0) is 15.4. The first-order valence-electron chi connectivity index (χ1n) is 6.13. The molecule has 0 aliphatic heterocycles. The first-order chi connectivity index (χ1) is 10.1. The van der Waals surface area contributed by atoms with Crippen LogP contribution in [-0.2, 0) is 0 Å². The maximum absolute atomic E-state index is 13.6. The van der Waals surface area contributed by atoms with Gasteiger partial charge in [0.25, 0.3) is 0 Å². The molecule has 0 radical (unpaired) electrons. The van der Waals surface area contributed by atoms with Gasteiger partial charge in [0.2, 0.25) is 11.6 Å². The lowest BCUT2D eigenvalue weighted by molar-refractivity contribution is 0.0816. The standard InChI is InChI=1S/C16H13FO3S/c1-20-14-7-6-11(9-13(14)17)16(19)15(18)10-4-3-5-12(8-10)21-2/h3-9H,1-2H3. The van der Waals surface area contributed by atoms with Crippen molar-refractivity contribution in [1.82, 2.24) is 0 Å². The molecule has 0 fully saturated rings. The number of ether oxygens (including phenoxy) is 1. The molecule has 0 saturated heterocycles. The second kappa shape index (κ2) is 6.54. The molecule has 0 aliphatic rings. The molecule has 0 unspecified atom stereocenters. The van der Waals surface area contributed by atoms with Crippen LogP contribution in [0.15, 0.2) is 47.4 Å². The summed E-state index contributed by atoms with van der Waals surface area (Å²) in [5, 5.41) is 0. The van der Waals surface area contributed by atoms with Crippen molar-refractivity contribution >= 4 is 23.3 Å². The van der Waals surface area contributed by atoms with Gasteiger partial charge in [-0.05, 0) is 36.6 Å². The molecule has 5 heteroatoms. The Balaban J connectivity index is 2.30. The number of hydrogen-bond donors (Lipinski definition) is 0. The first-order valence-corrected chi connectivity index (χ1v) is 7.36. The highest BCUT2D eigenvalue weighted by atomic mass is 32.2. The summed E-state index contributed by atoms with van der Waals surface area (Å²) >= 11 is 1.48. The van der Waals surface area contributed by atoms with Crippen molar-refractivity contribution < 1.29 is 18.7 Å². The van der Waals surface area contributed by atoms with Gasteiger partial charge in [-0.2, -0.15) is 0 Å². The molecule has 0 atom stereocenters. The lowest BCUT2D eigenvalue weighted by Gasteiger charge is -2.05. The average molecular weight is 304 g/mol. The van der Waals surface area contributed by atoms with Crippen LogP contribution < -0.4 is 4.74 Å². The normalized spacial score (nSPS) is 10.2. The fourth-order valence-electron chi connectivity index (χ4n) is 1.83. The van der Waals surface area contributed by atoms with Gasteiger partial charge in [0.1, 0.15) is 0 Å². The van der Waals surface area contributed by atoms with Gasteiger partial charge in [-0.15, -0.1) is 11.8 Å². The van der Waals surface area contributed by atoms with Crippen LogP contribution in [0.5, 0.6) is 5.75 Å². The van der Waals surface area contributed by atoms with Crippen LogP contribution in [0.4, 0.5) is 4.39 Å². The van der Waals surface area contributed by atoms with Gasteiger partial charge >= 0.3 is 0 Å². The Hall–Kier alpha value is -2.14. The predicted molar refractivity (Wildman–Crippen MR) is 79.8 cm³/mol. The van der Waals surface area contributed by atoms with Crippen molar-refractivity contribution in [2.24, 2.45) is 0 Å². The Morgan fingerprint density at radius 1 is 1.05 bits per heavy atom. The van der Waals surface area contributed by atoms with E-state index in [0.29, 0.717) is 5.56 Å². The van der Waals surface area contributed by atoms with E-state index >= 15 is 0 Å². The third-order valence-electron chi connectivity index (χ3n) is 2.95. The number of carbonyl (C=O) groups is 2. The van der Waals surface area contributed by atoms with Crippen molar-refractivity contribution in [1.29, 1.82) is 0 Å². The Kier molecular flexibility index (Phi) is 4.75. The fourth-order valence-corrected chi connectivity index (χ4v) is 2.29. The van der Waals surface area contributed by atoms with Gasteiger partial charge in [0, 0.05) is 16.0 Å². The number of halogens is 1. The Labute approximate surface area is 126 Å². The molecular formula is C16H13FO3S. The van der Waals surface area contributed by atoms with Crippen molar-refractivity contribution in [3.05, 3.63) is 59.4 Å². The van der Waals surface area contributed by atoms with E-state index in [1.165, 1.54) is 31.0 Å². The van der Waals surface area contributed by atoms with Gasteiger partial charge in [0.15, 0.2) is 11.6 Å². The highest BCUT2D eigenvalue weighted by Gasteiger charge is 2.20. The molecule has 0 aliphatic carbocycles. The van der Waals surface area contributed by atoms with Crippen LogP contribution in [0, 0.1) is 5.82 Å². The zero-order valence-corrected chi connectivity index (χ0v) is 12.4. The molecule has 21 heavy (non-hydrogen) atoms. The van der Waals surface area contributed by atoms with Crippen LogP contribution in [0.25, 0.3) is 0 Å². The van der Waals surface area contributed by atoms with E-state index in [-0.39, 0.29) is 11.3 Å². The maximum Gasteiger partial charge on any atom is 0.233 e.